The van der Waals surface area contributed by atoms with Crippen LogP contribution in [0, 0.1) is 13.8 Å². The number of anilines is 2. The molecule has 2 saturated heterocycles. The number of para-hydroxylation sites is 1. The number of hydrogen-bond donors (Lipinski definition) is 0. The molecule has 1 aromatic carbocycles. The fourth-order valence-corrected chi connectivity index (χ4v) is 6.54. The Morgan fingerprint density at radius 2 is 1.63 bits per heavy atom. The Bertz CT molecular complexity index is 1870. The zero-order valence-electron chi connectivity index (χ0n) is 23.2. The van der Waals surface area contributed by atoms with Gasteiger partial charge in [-0.05, 0) is 50.7 Å². The number of thiocarbonyl (C=S) groups is 1. The Morgan fingerprint density at radius 1 is 0.927 bits per heavy atom. The second kappa shape index (κ2) is 10.4. The maximum Gasteiger partial charge on any atom is 0.296 e. The van der Waals surface area contributed by atoms with Crippen molar-refractivity contribution in [3.8, 4) is 5.69 Å². The van der Waals surface area contributed by atoms with E-state index in [4.69, 9.17) is 17.2 Å². The maximum absolute atomic E-state index is 13.9. The first-order chi connectivity index (χ1) is 19.7. The molecule has 2 fully saturated rings. The van der Waals surface area contributed by atoms with Crippen molar-refractivity contribution in [3.63, 3.8) is 0 Å². The number of amides is 1. The summed E-state index contributed by atoms with van der Waals surface area (Å²) >= 11 is 6.72. The summed E-state index contributed by atoms with van der Waals surface area (Å²) in [5.74, 6) is 0.106. The molecule has 210 valence electrons. The lowest BCUT2D eigenvalue weighted by atomic mass is 10.2. The number of benzene rings is 1. The smallest absolute Gasteiger partial charge is 0.296 e. The van der Waals surface area contributed by atoms with Crippen LogP contribution in [0.3, 0.4) is 0 Å². The van der Waals surface area contributed by atoms with E-state index in [0.717, 1.165) is 30.4 Å². The predicted molar refractivity (Wildman–Crippen MR) is 167 cm³/mol. The van der Waals surface area contributed by atoms with Crippen LogP contribution in [0.1, 0.15) is 16.8 Å². The number of nitrogens with zero attached hydrogens (tertiary/aromatic N) is 7. The molecule has 41 heavy (non-hydrogen) atoms. The molecule has 0 unspecified atom stereocenters. The summed E-state index contributed by atoms with van der Waals surface area (Å²) in [6, 6.07) is 13.0. The van der Waals surface area contributed by atoms with Gasteiger partial charge in [-0.15, -0.1) is 0 Å². The molecule has 2 aliphatic rings. The highest BCUT2D eigenvalue weighted by Crippen LogP contribution is 2.37. The number of piperazine rings is 1. The predicted octanol–water partition coefficient (Wildman–Crippen LogP) is 2.96. The van der Waals surface area contributed by atoms with Gasteiger partial charge in [-0.2, -0.15) is 0 Å². The van der Waals surface area contributed by atoms with E-state index in [1.54, 1.807) is 37.0 Å². The van der Waals surface area contributed by atoms with Gasteiger partial charge in [-0.3, -0.25) is 28.4 Å². The van der Waals surface area contributed by atoms with Crippen LogP contribution >= 0.6 is 24.0 Å². The van der Waals surface area contributed by atoms with E-state index in [1.807, 2.05) is 43.3 Å². The zero-order chi connectivity index (χ0) is 29.0. The Balaban J connectivity index is 1.47. The lowest BCUT2D eigenvalue weighted by molar-refractivity contribution is -0.113. The molecule has 5 heterocycles. The molecular formula is C29H29N7O3S2. The molecule has 2 aliphatic heterocycles. The minimum absolute atomic E-state index is 0.200. The molecule has 0 bridgehead atoms. The average molecular weight is 588 g/mol. The fourth-order valence-electron chi connectivity index (χ4n) is 5.29. The average Bonchev–Trinajstić information content (AvgIpc) is 3.35. The summed E-state index contributed by atoms with van der Waals surface area (Å²) in [6.45, 7) is 6.77. The van der Waals surface area contributed by atoms with Crippen LogP contribution in [0.5, 0.6) is 0 Å². The Hall–Kier alpha value is -4.00. The maximum atomic E-state index is 13.9. The van der Waals surface area contributed by atoms with E-state index in [9.17, 15) is 14.4 Å². The van der Waals surface area contributed by atoms with E-state index < -0.39 is 5.91 Å². The summed E-state index contributed by atoms with van der Waals surface area (Å²) < 4.78 is 4.97. The van der Waals surface area contributed by atoms with E-state index in [-0.39, 0.29) is 26.0 Å². The number of hydrogen-bond acceptors (Lipinski definition) is 8. The zero-order valence-corrected chi connectivity index (χ0v) is 24.8. The van der Waals surface area contributed by atoms with Gasteiger partial charge >= 0.3 is 0 Å². The van der Waals surface area contributed by atoms with Crippen molar-refractivity contribution < 1.29 is 4.79 Å². The van der Waals surface area contributed by atoms with Gasteiger partial charge in [0.05, 0.1) is 21.8 Å². The minimum Gasteiger partial charge on any atom is -0.353 e. The van der Waals surface area contributed by atoms with Gasteiger partial charge in [0.15, 0.2) is 4.32 Å². The quantitative estimate of drug-likeness (QED) is 0.266. The van der Waals surface area contributed by atoms with E-state index in [1.165, 1.54) is 14.0 Å². The standard InChI is InChI=1S/C29H29N7O3S2/c1-18-9-8-12-34-24(18)30-25(33-15-13-31(3)14-16-33)21(26(34)37)17-22-27(38)35(29(40)41-22)23-19(2)32(4)36(28(23)39)20-10-6-5-7-11-20/h5-12,17H,13-16H2,1-4H3. The fraction of sp³-hybridized carbons (Fsp3) is 0.276. The minimum atomic E-state index is -0.441. The molecule has 0 atom stereocenters. The molecule has 0 saturated carbocycles. The third-order valence-electron chi connectivity index (χ3n) is 7.68. The van der Waals surface area contributed by atoms with Crippen LogP contribution in [0.15, 0.2) is 63.2 Å². The Labute approximate surface area is 246 Å². The number of aromatic nitrogens is 4. The third-order valence-corrected chi connectivity index (χ3v) is 8.99. The number of aryl methyl sites for hydroxylation is 1. The number of carbonyl (C=O) groups excluding carboxylic acids is 1. The lowest BCUT2D eigenvalue weighted by Crippen LogP contribution is -2.45. The van der Waals surface area contributed by atoms with Crippen molar-refractivity contribution in [2.75, 3.05) is 43.0 Å². The van der Waals surface area contributed by atoms with E-state index in [0.29, 0.717) is 41.5 Å². The van der Waals surface area contributed by atoms with Gasteiger partial charge in [-0.25, -0.2) is 9.67 Å². The number of carbonyl (C=O) groups is 1. The molecule has 0 aliphatic carbocycles. The first kappa shape index (κ1) is 27.2. The van der Waals surface area contributed by atoms with Crippen molar-refractivity contribution in [2.45, 2.75) is 13.8 Å². The molecule has 10 nitrogen and oxygen atoms in total. The largest absolute Gasteiger partial charge is 0.353 e. The Kier molecular flexibility index (Phi) is 6.92. The number of thioether (sulfide) groups is 1. The summed E-state index contributed by atoms with van der Waals surface area (Å²) in [5.41, 5.74) is 2.64. The summed E-state index contributed by atoms with van der Waals surface area (Å²) in [6.07, 6.45) is 3.28. The Morgan fingerprint density at radius 3 is 2.34 bits per heavy atom. The second-order valence-corrected chi connectivity index (χ2v) is 11.9. The molecule has 1 amide bonds. The van der Waals surface area contributed by atoms with Crippen molar-refractivity contribution in [1.82, 2.24) is 23.6 Å². The van der Waals surface area contributed by atoms with Crippen LogP contribution in [0.4, 0.5) is 11.5 Å². The summed E-state index contributed by atoms with van der Waals surface area (Å²) in [7, 11) is 3.83. The van der Waals surface area contributed by atoms with Crippen molar-refractivity contribution in [2.24, 2.45) is 7.05 Å². The van der Waals surface area contributed by atoms with Crippen molar-refractivity contribution in [1.29, 1.82) is 0 Å². The number of likely N-dealkylation sites (N-methyl/N-ethyl adjacent to an activating group) is 1. The van der Waals surface area contributed by atoms with Gasteiger partial charge in [-0.1, -0.05) is 48.2 Å². The lowest BCUT2D eigenvalue weighted by Gasteiger charge is -2.34. The molecule has 0 N–H and O–H groups in total. The highest BCUT2D eigenvalue weighted by Gasteiger charge is 2.38. The van der Waals surface area contributed by atoms with Gasteiger partial charge in [0.2, 0.25) is 0 Å². The number of rotatable bonds is 4. The van der Waals surface area contributed by atoms with E-state index >= 15 is 0 Å². The van der Waals surface area contributed by atoms with Gasteiger partial charge in [0, 0.05) is 39.4 Å². The van der Waals surface area contributed by atoms with Gasteiger partial charge < -0.3 is 9.80 Å². The first-order valence-electron chi connectivity index (χ1n) is 13.2. The van der Waals surface area contributed by atoms with Crippen molar-refractivity contribution >= 4 is 57.4 Å². The SMILES string of the molecule is Cc1cccn2c(=O)c(C=C3SC(=S)N(c4c(C)n(C)n(-c5ccccc5)c4=O)C3=O)c(N3CCN(C)CC3)nc12. The van der Waals surface area contributed by atoms with Crippen LogP contribution in [0.2, 0.25) is 0 Å². The van der Waals surface area contributed by atoms with Crippen LogP contribution in [-0.4, -0.2) is 67.1 Å². The monoisotopic (exact) mass is 587 g/mol. The topological polar surface area (TPSA) is 88.1 Å². The van der Waals surface area contributed by atoms with Gasteiger partial charge in [0.1, 0.15) is 17.2 Å². The molecule has 4 aromatic rings. The van der Waals surface area contributed by atoms with Crippen LogP contribution in [-0.2, 0) is 11.8 Å². The van der Waals surface area contributed by atoms with Gasteiger partial charge in [0.25, 0.3) is 17.0 Å². The second-order valence-electron chi connectivity index (χ2n) is 10.3. The molecule has 0 spiro atoms. The number of fused-ring (bicyclic) bond motifs is 1. The molecule has 6 rings (SSSR count). The highest BCUT2D eigenvalue weighted by molar-refractivity contribution is 8.27. The summed E-state index contributed by atoms with van der Waals surface area (Å²) in [5, 5.41) is 0. The van der Waals surface area contributed by atoms with Crippen LogP contribution < -0.4 is 20.9 Å². The normalized spacial score (nSPS) is 17.4. The number of pyridine rings is 1. The first-order valence-corrected chi connectivity index (χ1v) is 14.5. The highest BCUT2D eigenvalue weighted by atomic mass is 32.2. The molecule has 0 radical (unpaired) electrons. The molecule has 3 aromatic heterocycles. The molecule has 12 heteroatoms. The molecular weight excluding hydrogens is 558 g/mol. The van der Waals surface area contributed by atoms with Crippen LogP contribution in [0.25, 0.3) is 17.4 Å². The summed E-state index contributed by atoms with van der Waals surface area (Å²) in [4.78, 5) is 52.2. The van der Waals surface area contributed by atoms with E-state index in [2.05, 4.69) is 16.8 Å². The third kappa shape index (κ3) is 4.52. The van der Waals surface area contributed by atoms with Crippen molar-refractivity contribution in [3.05, 3.63) is 91.1 Å².